The van der Waals surface area contributed by atoms with Gasteiger partial charge < -0.3 is 25.0 Å². The lowest BCUT2D eigenvalue weighted by molar-refractivity contribution is -0.114. The fourth-order valence-corrected chi connectivity index (χ4v) is 4.41. The lowest BCUT2D eigenvalue weighted by atomic mass is 10.1. The van der Waals surface area contributed by atoms with E-state index in [0.29, 0.717) is 19.0 Å². The van der Waals surface area contributed by atoms with Crippen LogP contribution in [0.25, 0.3) is 11.3 Å². The van der Waals surface area contributed by atoms with Gasteiger partial charge >= 0.3 is 0 Å². The number of aromatic nitrogens is 3. The first-order valence-corrected chi connectivity index (χ1v) is 12.2. The van der Waals surface area contributed by atoms with Crippen LogP contribution in [0.15, 0.2) is 79.1 Å². The first-order valence-electron chi connectivity index (χ1n) is 12.2. The van der Waals surface area contributed by atoms with Crippen molar-refractivity contribution in [1.29, 1.82) is 0 Å². The zero-order valence-electron chi connectivity index (χ0n) is 20.9. The van der Waals surface area contributed by atoms with Crippen LogP contribution in [0, 0.1) is 0 Å². The normalized spacial score (nSPS) is 13.4. The Morgan fingerprint density at radius 1 is 0.865 bits per heavy atom. The van der Waals surface area contributed by atoms with Gasteiger partial charge in [0.25, 0.3) is 5.91 Å². The number of piperazine rings is 1. The first kappa shape index (κ1) is 24.1. The van der Waals surface area contributed by atoms with E-state index < -0.39 is 0 Å². The van der Waals surface area contributed by atoms with E-state index in [1.807, 2.05) is 77.3 Å². The number of rotatable bonds is 6. The summed E-state index contributed by atoms with van der Waals surface area (Å²) in [5.41, 5.74) is 5.18. The third-order valence-electron chi connectivity index (χ3n) is 6.37. The van der Waals surface area contributed by atoms with Crippen LogP contribution in [-0.2, 0) is 11.8 Å². The van der Waals surface area contributed by atoms with Crippen LogP contribution >= 0.6 is 0 Å². The van der Waals surface area contributed by atoms with E-state index in [9.17, 15) is 9.59 Å². The Hall–Kier alpha value is -4.66. The summed E-state index contributed by atoms with van der Waals surface area (Å²) in [4.78, 5) is 37.2. The Morgan fingerprint density at radius 3 is 2.22 bits per heavy atom. The fraction of sp³-hybridized carbons (Fsp3) is 0.214. The highest BCUT2D eigenvalue weighted by atomic mass is 16.2. The van der Waals surface area contributed by atoms with E-state index in [-0.39, 0.29) is 11.8 Å². The number of aryl methyl sites for hydroxylation is 1. The summed E-state index contributed by atoms with van der Waals surface area (Å²) < 4.78 is 1.86. The molecule has 0 saturated carbocycles. The number of carbonyl (C=O) groups is 2. The number of nitrogens with zero attached hydrogens (tertiary/aromatic N) is 5. The van der Waals surface area contributed by atoms with Crippen molar-refractivity contribution in [2.45, 2.75) is 6.92 Å². The van der Waals surface area contributed by atoms with Crippen LogP contribution in [0.1, 0.15) is 17.4 Å². The Bertz CT molecular complexity index is 1390. The number of benzene rings is 2. The van der Waals surface area contributed by atoms with Gasteiger partial charge in [-0.25, -0.2) is 9.97 Å². The molecule has 0 bridgehead atoms. The second-order valence-electron chi connectivity index (χ2n) is 8.98. The van der Waals surface area contributed by atoms with Gasteiger partial charge in [-0.2, -0.15) is 0 Å². The van der Waals surface area contributed by atoms with Crippen molar-refractivity contribution in [3.63, 3.8) is 0 Å². The summed E-state index contributed by atoms with van der Waals surface area (Å²) >= 11 is 0. The first-order chi connectivity index (χ1) is 18.0. The van der Waals surface area contributed by atoms with Gasteiger partial charge in [0.15, 0.2) is 0 Å². The van der Waals surface area contributed by atoms with Gasteiger partial charge in [-0.15, -0.1) is 0 Å². The molecule has 2 aromatic heterocycles. The second kappa shape index (κ2) is 10.5. The van der Waals surface area contributed by atoms with E-state index in [0.717, 1.165) is 47.1 Å². The van der Waals surface area contributed by atoms with E-state index in [1.165, 1.54) is 6.92 Å². The molecule has 9 nitrogen and oxygen atoms in total. The third-order valence-corrected chi connectivity index (χ3v) is 6.37. The summed E-state index contributed by atoms with van der Waals surface area (Å²) in [6.07, 6.45) is 3.61. The van der Waals surface area contributed by atoms with Crippen LogP contribution < -0.4 is 15.5 Å². The van der Waals surface area contributed by atoms with Gasteiger partial charge in [0, 0.05) is 75.2 Å². The maximum absolute atomic E-state index is 12.8. The van der Waals surface area contributed by atoms with Gasteiger partial charge in [-0.3, -0.25) is 9.59 Å². The van der Waals surface area contributed by atoms with Gasteiger partial charge in [0.05, 0.1) is 5.69 Å². The molecule has 9 heteroatoms. The standard InChI is InChI=1S/C28H29N7O2/c1-20(36)30-22-7-5-21(6-8-22)25-13-14-29-28(32-25)31-23-9-11-24(12-10-23)34-16-18-35(19-17-34)27(37)26-4-3-15-33(26)2/h3-15H,16-19H2,1-2H3,(H,30,36)(H,29,31,32). The lowest BCUT2D eigenvalue weighted by Gasteiger charge is -2.36. The molecule has 0 radical (unpaired) electrons. The molecule has 0 unspecified atom stereocenters. The molecule has 1 aliphatic rings. The topological polar surface area (TPSA) is 95.4 Å². The molecule has 2 aromatic carbocycles. The van der Waals surface area contributed by atoms with Crippen LogP contribution in [-0.4, -0.2) is 57.4 Å². The van der Waals surface area contributed by atoms with Crippen LogP contribution in [0.5, 0.6) is 0 Å². The predicted octanol–water partition coefficient (Wildman–Crippen LogP) is 4.15. The molecular formula is C28H29N7O2. The van der Waals surface area contributed by atoms with E-state index in [1.54, 1.807) is 6.20 Å². The molecule has 0 aliphatic carbocycles. The van der Waals surface area contributed by atoms with Crippen molar-refractivity contribution in [3.8, 4) is 11.3 Å². The average molecular weight is 496 g/mol. The highest BCUT2D eigenvalue weighted by Crippen LogP contribution is 2.24. The molecule has 5 rings (SSSR count). The van der Waals surface area contributed by atoms with E-state index in [2.05, 4.69) is 37.6 Å². The number of carbonyl (C=O) groups excluding carboxylic acids is 2. The van der Waals surface area contributed by atoms with Crippen LogP contribution in [0.2, 0.25) is 0 Å². The minimum absolute atomic E-state index is 0.0811. The van der Waals surface area contributed by atoms with Crippen molar-refractivity contribution >= 4 is 34.8 Å². The third kappa shape index (κ3) is 5.61. The van der Waals surface area contributed by atoms with Gasteiger partial charge in [0.1, 0.15) is 5.69 Å². The van der Waals surface area contributed by atoms with Gasteiger partial charge in [0.2, 0.25) is 11.9 Å². The van der Waals surface area contributed by atoms with E-state index >= 15 is 0 Å². The maximum atomic E-state index is 12.8. The summed E-state index contributed by atoms with van der Waals surface area (Å²) in [6, 6.07) is 21.3. The molecule has 37 heavy (non-hydrogen) atoms. The van der Waals surface area contributed by atoms with Crippen molar-refractivity contribution < 1.29 is 9.59 Å². The van der Waals surface area contributed by atoms with Crippen molar-refractivity contribution in [2.24, 2.45) is 7.05 Å². The summed E-state index contributed by atoms with van der Waals surface area (Å²) in [5.74, 6) is 0.481. The monoisotopic (exact) mass is 495 g/mol. The number of anilines is 4. The smallest absolute Gasteiger partial charge is 0.270 e. The molecule has 4 aromatic rings. The number of hydrogen-bond donors (Lipinski definition) is 2. The highest BCUT2D eigenvalue weighted by molar-refractivity contribution is 5.93. The molecule has 2 N–H and O–H groups in total. The highest BCUT2D eigenvalue weighted by Gasteiger charge is 2.23. The molecule has 0 spiro atoms. The Balaban J connectivity index is 1.19. The summed E-state index contributed by atoms with van der Waals surface area (Å²) in [6.45, 7) is 4.44. The molecule has 188 valence electrons. The molecule has 1 fully saturated rings. The largest absolute Gasteiger partial charge is 0.368 e. The quantitative estimate of drug-likeness (QED) is 0.417. The van der Waals surface area contributed by atoms with Crippen molar-refractivity contribution in [3.05, 3.63) is 84.8 Å². The maximum Gasteiger partial charge on any atom is 0.270 e. The molecule has 0 atom stereocenters. The summed E-state index contributed by atoms with van der Waals surface area (Å²) in [5, 5.41) is 6.04. The Morgan fingerprint density at radius 2 is 1.57 bits per heavy atom. The number of hydrogen-bond acceptors (Lipinski definition) is 6. The van der Waals surface area contributed by atoms with Gasteiger partial charge in [-0.1, -0.05) is 12.1 Å². The SMILES string of the molecule is CC(=O)Nc1ccc(-c2ccnc(Nc3ccc(N4CCN(C(=O)c5cccn5C)CC4)cc3)n2)cc1. The zero-order valence-corrected chi connectivity index (χ0v) is 20.9. The summed E-state index contributed by atoms with van der Waals surface area (Å²) in [7, 11) is 1.90. The minimum atomic E-state index is -0.104. The molecule has 2 amide bonds. The average Bonchev–Trinajstić information content (AvgIpc) is 3.35. The number of nitrogens with one attached hydrogen (secondary N) is 2. The Labute approximate surface area is 215 Å². The van der Waals surface area contributed by atoms with Crippen LogP contribution in [0.3, 0.4) is 0 Å². The molecular weight excluding hydrogens is 466 g/mol. The predicted molar refractivity (Wildman–Crippen MR) is 145 cm³/mol. The molecule has 3 heterocycles. The van der Waals surface area contributed by atoms with Crippen LogP contribution in [0.4, 0.5) is 23.0 Å². The lowest BCUT2D eigenvalue weighted by Crippen LogP contribution is -2.49. The van der Waals surface area contributed by atoms with E-state index in [4.69, 9.17) is 0 Å². The minimum Gasteiger partial charge on any atom is -0.368 e. The molecule has 1 saturated heterocycles. The van der Waals surface area contributed by atoms with Gasteiger partial charge in [-0.05, 0) is 54.6 Å². The Kier molecular flexibility index (Phi) is 6.85. The van der Waals surface area contributed by atoms with Crippen molar-refractivity contribution in [2.75, 3.05) is 41.7 Å². The molecule has 1 aliphatic heterocycles. The zero-order chi connectivity index (χ0) is 25.8. The fourth-order valence-electron chi connectivity index (χ4n) is 4.41. The number of amides is 2. The second-order valence-corrected chi connectivity index (χ2v) is 8.98. The van der Waals surface area contributed by atoms with Crippen molar-refractivity contribution in [1.82, 2.24) is 19.4 Å².